The average Bonchev–Trinajstić information content (AvgIpc) is 2.48. The van der Waals surface area contributed by atoms with E-state index in [4.69, 9.17) is 22.2 Å². The number of benzene rings is 1. The molecule has 98 valence electrons. The molecule has 0 atom stereocenters. The third-order valence-electron chi connectivity index (χ3n) is 2.76. The quantitative estimate of drug-likeness (QED) is 0.779. The number of thiocarbonyl (C=S) groups is 1. The van der Waals surface area contributed by atoms with Crippen molar-refractivity contribution >= 4 is 28.8 Å². The van der Waals surface area contributed by atoms with Crippen LogP contribution in [0.5, 0.6) is 0 Å². The van der Waals surface area contributed by atoms with E-state index >= 15 is 0 Å². The maximum absolute atomic E-state index is 12.0. The second kappa shape index (κ2) is 6.27. The van der Waals surface area contributed by atoms with Crippen molar-refractivity contribution in [1.82, 2.24) is 4.90 Å². The molecule has 0 saturated carbocycles. The Morgan fingerprint density at radius 2 is 1.95 bits per heavy atom. The zero-order valence-corrected chi connectivity index (χ0v) is 11.1. The Balaban J connectivity index is 1.95. The van der Waals surface area contributed by atoms with Gasteiger partial charge in [-0.05, 0) is 24.3 Å². The van der Waals surface area contributed by atoms with Gasteiger partial charge in [-0.3, -0.25) is 4.79 Å². The Labute approximate surface area is 116 Å². The molecule has 1 aliphatic heterocycles. The van der Waals surface area contributed by atoms with Crippen molar-refractivity contribution in [2.75, 3.05) is 31.6 Å². The standard InChI is InChI=1S/C13H13N3O2S/c14-9-10-1-3-11(4-2-10)15-12(17)13(19)16-5-7-18-8-6-16/h1-4H,5-8H2,(H,15,17). The predicted octanol–water partition coefficient (Wildman–Crippen LogP) is 1.16. The predicted molar refractivity (Wildman–Crippen MR) is 74.8 cm³/mol. The summed E-state index contributed by atoms with van der Waals surface area (Å²) in [5, 5.41) is 11.4. The fourth-order valence-electron chi connectivity index (χ4n) is 1.72. The maximum Gasteiger partial charge on any atom is 0.283 e. The Kier molecular flexibility index (Phi) is 4.44. The minimum Gasteiger partial charge on any atom is -0.378 e. The molecule has 1 aromatic rings. The number of anilines is 1. The largest absolute Gasteiger partial charge is 0.378 e. The molecule has 0 aromatic heterocycles. The van der Waals surface area contributed by atoms with Crippen LogP contribution in [0.1, 0.15) is 5.56 Å². The first-order valence-electron chi connectivity index (χ1n) is 5.89. The van der Waals surface area contributed by atoms with E-state index in [1.165, 1.54) is 0 Å². The topological polar surface area (TPSA) is 65.4 Å². The van der Waals surface area contributed by atoms with Crippen LogP contribution in [0.25, 0.3) is 0 Å². The second-order valence-corrected chi connectivity index (χ2v) is 4.43. The molecule has 1 amide bonds. The number of amides is 1. The van der Waals surface area contributed by atoms with Gasteiger partial charge in [0, 0.05) is 18.8 Å². The molecule has 5 nitrogen and oxygen atoms in total. The maximum atomic E-state index is 12.0. The SMILES string of the molecule is N#Cc1ccc(NC(=O)C(=S)N2CCOCC2)cc1. The van der Waals surface area contributed by atoms with Gasteiger partial charge in [-0.25, -0.2) is 0 Å². The Bertz CT molecular complexity index is 516. The van der Waals surface area contributed by atoms with E-state index in [0.29, 0.717) is 37.6 Å². The fraction of sp³-hybridized carbons (Fsp3) is 0.308. The Morgan fingerprint density at radius 3 is 2.53 bits per heavy atom. The number of rotatable bonds is 1. The minimum absolute atomic E-state index is 0.271. The Hall–Kier alpha value is -1.97. The van der Waals surface area contributed by atoms with E-state index in [1.54, 1.807) is 24.3 Å². The van der Waals surface area contributed by atoms with Gasteiger partial charge in [0.25, 0.3) is 5.91 Å². The third kappa shape index (κ3) is 3.50. The third-order valence-corrected chi connectivity index (χ3v) is 3.21. The summed E-state index contributed by atoms with van der Waals surface area (Å²) in [5.74, 6) is -0.304. The molecule has 1 fully saturated rings. The fourth-order valence-corrected chi connectivity index (χ4v) is 1.96. The van der Waals surface area contributed by atoms with E-state index in [2.05, 4.69) is 5.32 Å². The summed E-state index contributed by atoms with van der Waals surface area (Å²) in [6.07, 6.45) is 0. The summed E-state index contributed by atoms with van der Waals surface area (Å²) in [6.45, 7) is 2.45. The number of nitriles is 1. The number of carbonyl (C=O) groups is 1. The second-order valence-electron chi connectivity index (χ2n) is 4.05. The van der Waals surface area contributed by atoms with Crippen LogP contribution in [0.4, 0.5) is 5.69 Å². The summed E-state index contributed by atoms with van der Waals surface area (Å²) in [6, 6.07) is 8.67. The first-order valence-corrected chi connectivity index (χ1v) is 6.29. The minimum atomic E-state index is -0.304. The van der Waals surface area contributed by atoms with Crippen molar-refractivity contribution in [1.29, 1.82) is 5.26 Å². The van der Waals surface area contributed by atoms with Gasteiger partial charge in [-0.1, -0.05) is 12.2 Å². The first kappa shape index (κ1) is 13.5. The van der Waals surface area contributed by atoms with Crippen molar-refractivity contribution in [3.05, 3.63) is 29.8 Å². The van der Waals surface area contributed by atoms with Gasteiger partial charge >= 0.3 is 0 Å². The normalized spacial score (nSPS) is 14.6. The summed E-state index contributed by atoms with van der Waals surface area (Å²) >= 11 is 5.15. The smallest absolute Gasteiger partial charge is 0.283 e. The van der Waals surface area contributed by atoms with Gasteiger partial charge in [0.15, 0.2) is 4.99 Å². The van der Waals surface area contributed by atoms with E-state index in [9.17, 15) is 4.79 Å². The molecule has 0 unspecified atom stereocenters. The van der Waals surface area contributed by atoms with Crippen LogP contribution < -0.4 is 5.32 Å². The van der Waals surface area contributed by atoms with Gasteiger partial charge in [-0.2, -0.15) is 5.26 Å². The van der Waals surface area contributed by atoms with Crippen LogP contribution in [0.2, 0.25) is 0 Å². The van der Waals surface area contributed by atoms with Gasteiger partial charge < -0.3 is 15.0 Å². The lowest BCUT2D eigenvalue weighted by molar-refractivity contribution is -0.111. The highest BCUT2D eigenvalue weighted by molar-refractivity contribution is 7.82. The summed E-state index contributed by atoms with van der Waals surface area (Å²) in [4.78, 5) is 14.1. The lowest BCUT2D eigenvalue weighted by Gasteiger charge is -2.28. The molecule has 2 rings (SSSR count). The number of nitrogens with one attached hydrogen (secondary N) is 1. The highest BCUT2D eigenvalue weighted by Crippen LogP contribution is 2.09. The van der Waals surface area contributed by atoms with E-state index in [-0.39, 0.29) is 10.9 Å². The highest BCUT2D eigenvalue weighted by atomic mass is 32.1. The summed E-state index contributed by atoms with van der Waals surface area (Å²) in [7, 11) is 0. The van der Waals surface area contributed by atoms with Crippen molar-refractivity contribution in [2.24, 2.45) is 0 Å². The molecule has 0 aliphatic carbocycles. The summed E-state index contributed by atoms with van der Waals surface area (Å²) < 4.78 is 5.21. The molecule has 0 bridgehead atoms. The van der Waals surface area contributed by atoms with Crippen LogP contribution in [0.15, 0.2) is 24.3 Å². The Morgan fingerprint density at radius 1 is 1.32 bits per heavy atom. The van der Waals surface area contributed by atoms with Crippen molar-refractivity contribution < 1.29 is 9.53 Å². The molecule has 1 aromatic carbocycles. The van der Waals surface area contributed by atoms with E-state index < -0.39 is 0 Å². The first-order chi connectivity index (χ1) is 9.20. The van der Waals surface area contributed by atoms with Crippen LogP contribution in [-0.2, 0) is 9.53 Å². The molecular weight excluding hydrogens is 262 g/mol. The van der Waals surface area contributed by atoms with Gasteiger partial charge in [0.2, 0.25) is 0 Å². The van der Waals surface area contributed by atoms with Crippen LogP contribution in [-0.4, -0.2) is 42.1 Å². The molecule has 6 heteroatoms. The molecule has 19 heavy (non-hydrogen) atoms. The zero-order valence-electron chi connectivity index (χ0n) is 10.3. The van der Waals surface area contributed by atoms with E-state index in [1.807, 2.05) is 11.0 Å². The average molecular weight is 275 g/mol. The zero-order chi connectivity index (χ0) is 13.7. The molecule has 0 spiro atoms. The van der Waals surface area contributed by atoms with E-state index in [0.717, 1.165) is 0 Å². The molecule has 1 N–H and O–H groups in total. The highest BCUT2D eigenvalue weighted by Gasteiger charge is 2.19. The number of morpholine rings is 1. The monoisotopic (exact) mass is 275 g/mol. The number of nitrogens with zero attached hydrogens (tertiary/aromatic N) is 2. The van der Waals surface area contributed by atoms with Crippen molar-refractivity contribution in [3.8, 4) is 6.07 Å². The van der Waals surface area contributed by atoms with Crippen molar-refractivity contribution in [3.63, 3.8) is 0 Å². The number of hydrogen-bond donors (Lipinski definition) is 1. The molecule has 1 heterocycles. The number of carbonyl (C=O) groups excluding carboxylic acids is 1. The molecule has 1 saturated heterocycles. The van der Waals surface area contributed by atoms with Crippen LogP contribution in [0, 0.1) is 11.3 Å². The van der Waals surface area contributed by atoms with Crippen LogP contribution >= 0.6 is 12.2 Å². The van der Waals surface area contributed by atoms with Crippen LogP contribution in [0.3, 0.4) is 0 Å². The van der Waals surface area contributed by atoms with Crippen molar-refractivity contribution in [2.45, 2.75) is 0 Å². The lowest BCUT2D eigenvalue weighted by atomic mass is 10.2. The number of ether oxygens (including phenoxy) is 1. The van der Waals surface area contributed by atoms with Gasteiger partial charge in [-0.15, -0.1) is 0 Å². The molecule has 0 radical (unpaired) electrons. The van der Waals surface area contributed by atoms with Gasteiger partial charge in [0.05, 0.1) is 24.8 Å². The molecular formula is C13H13N3O2S. The number of hydrogen-bond acceptors (Lipinski definition) is 4. The molecule has 1 aliphatic rings. The van der Waals surface area contributed by atoms with Gasteiger partial charge in [0.1, 0.15) is 0 Å². The lowest BCUT2D eigenvalue weighted by Crippen LogP contribution is -2.44. The summed E-state index contributed by atoms with van der Waals surface area (Å²) in [5.41, 5.74) is 1.17.